The second kappa shape index (κ2) is 10.6. The second-order valence-electron chi connectivity index (χ2n) is 9.83. The first-order valence-corrected chi connectivity index (χ1v) is 13.2. The summed E-state index contributed by atoms with van der Waals surface area (Å²) in [5.41, 5.74) is 8.02. The molecule has 2 amide bonds. The normalized spacial score (nSPS) is 16.6. The van der Waals surface area contributed by atoms with Gasteiger partial charge in [0.25, 0.3) is 11.8 Å². The van der Waals surface area contributed by atoms with Gasteiger partial charge in [0.1, 0.15) is 0 Å². The molecule has 1 fully saturated rings. The monoisotopic (exact) mass is 531 g/mol. The van der Waals surface area contributed by atoms with E-state index >= 15 is 0 Å². The SMILES string of the molecule is NC1=NC(c2ccccc2)(c2ccccc2)C(=O)N1Cc1cccc(C(=O)N2CCN(c3ncccn3)CC2)c1. The Morgan fingerprint density at radius 2 is 1.43 bits per heavy atom. The number of guanidine groups is 1. The summed E-state index contributed by atoms with van der Waals surface area (Å²) in [5, 5.41) is 0. The quantitative estimate of drug-likeness (QED) is 0.410. The van der Waals surface area contributed by atoms with Crippen LogP contribution < -0.4 is 10.6 Å². The second-order valence-corrected chi connectivity index (χ2v) is 9.83. The standard InChI is InChI=1S/C31H29N7O2/c32-29-35-31(25-11-3-1-4-12-25,26-13-5-2-6-14-26)28(40)38(29)22-23-9-7-10-24(21-23)27(39)36-17-19-37(20-18-36)30-33-15-8-16-34-30/h1-16,21H,17-20,22H2,(H2,32,35). The summed E-state index contributed by atoms with van der Waals surface area (Å²) in [5.74, 6) is 0.549. The molecule has 9 heteroatoms. The zero-order valence-electron chi connectivity index (χ0n) is 21.9. The molecule has 1 saturated heterocycles. The fourth-order valence-electron chi connectivity index (χ4n) is 5.37. The fourth-order valence-corrected chi connectivity index (χ4v) is 5.37. The number of anilines is 1. The van der Waals surface area contributed by atoms with E-state index in [9.17, 15) is 9.59 Å². The summed E-state index contributed by atoms with van der Waals surface area (Å²) in [6.07, 6.45) is 3.44. The summed E-state index contributed by atoms with van der Waals surface area (Å²) in [7, 11) is 0. The van der Waals surface area contributed by atoms with Crippen LogP contribution in [0.2, 0.25) is 0 Å². The highest BCUT2D eigenvalue weighted by atomic mass is 16.2. The fraction of sp³-hybridized carbons (Fsp3) is 0.194. The molecule has 0 spiro atoms. The van der Waals surface area contributed by atoms with Crippen LogP contribution in [-0.2, 0) is 16.9 Å². The molecule has 2 aliphatic rings. The average molecular weight is 532 g/mol. The minimum Gasteiger partial charge on any atom is -0.369 e. The number of benzene rings is 3. The lowest BCUT2D eigenvalue weighted by molar-refractivity contribution is -0.130. The van der Waals surface area contributed by atoms with E-state index in [1.54, 1.807) is 24.5 Å². The molecule has 0 atom stereocenters. The molecule has 3 aromatic carbocycles. The van der Waals surface area contributed by atoms with Crippen molar-refractivity contribution in [2.24, 2.45) is 10.7 Å². The Bertz CT molecular complexity index is 1500. The predicted molar refractivity (Wildman–Crippen MR) is 152 cm³/mol. The molecule has 0 aliphatic carbocycles. The highest BCUT2D eigenvalue weighted by molar-refractivity contribution is 6.09. The van der Waals surface area contributed by atoms with E-state index < -0.39 is 5.54 Å². The number of hydrogen-bond donors (Lipinski definition) is 1. The number of aromatic nitrogens is 2. The number of aliphatic imine (C=N–C) groups is 1. The maximum Gasteiger partial charge on any atom is 0.266 e. The van der Waals surface area contributed by atoms with Crippen molar-refractivity contribution in [1.29, 1.82) is 0 Å². The van der Waals surface area contributed by atoms with E-state index in [1.165, 1.54) is 4.90 Å². The van der Waals surface area contributed by atoms with Gasteiger partial charge in [0, 0.05) is 44.1 Å². The van der Waals surface area contributed by atoms with Crippen LogP contribution in [0.3, 0.4) is 0 Å². The number of hydrogen-bond acceptors (Lipinski definition) is 7. The van der Waals surface area contributed by atoms with Gasteiger partial charge >= 0.3 is 0 Å². The molecule has 1 aromatic heterocycles. The van der Waals surface area contributed by atoms with E-state index in [1.807, 2.05) is 83.8 Å². The summed E-state index contributed by atoms with van der Waals surface area (Å²) in [4.78, 5) is 46.3. The van der Waals surface area contributed by atoms with Gasteiger partial charge in [0.05, 0.1) is 6.54 Å². The van der Waals surface area contributed by atoms with Gasteiger partial charge < -0.3 is 15.5 Å². The van der Waals surface area contributed by atoms with Gasteiger partial charge in [-0.1, -0.05) is 72.8 Å². The smallest absolute Gasteiger partial charge is 0.266 e. The van der Waals surface area contributed by atoms with Crippen molar-refractivity contribution in [2.45, 2.75) is 12.1 Å². The molecule has 0 saturated carbocycles. The van der Waals surface area contributed by atoms with Gasteiger partial charge in [-0.2, -0.15) is 0 Å². The van der Waals surface area contributed by atoms with Crippen LogP contribution in [0, 0.1) is 0 Å². The van der Waals surface area contributed by atoms with E-state index in [0.29, 0.717) is 37.7 Å². The molecular formula is C31H29N7O2. The largest absolute Gasteiger partial charge is 0.369 e. The van der Waals surface area contributed by atoms with Crippen molar-refractivity contribution >= 4 is 23.7 Å². The third kappa shape index (κ3) is 4.55. The van der Waals surface area contributed by atoms with Crippen LogP contribution in [0.1, 0.15) is 27.0 Å². The number of amides is 2. The molecule has 2 aliphatic heterocycles. The first-order chi connectivity index (χ1) is 19.6. The van der Waals surface area contributed by atoms with Crippen LogP contribution in [0.5, 0.6) is 0 Å². The molecule has 9 nitrogen and oxygen atoms in total. The zero-order valence-corrected chi connectivity index (χ0v) is 21.9. The van der Waals surface area contributed by atoms with E-state index in [-0.39, 0.29) is 24.3 Å². The average Bonchev–Trinajstić information content (AvgIpc) is 3.28. The van der Waals surface area contributed by atoms with Crippen LogP contribution in [-0.4, -0.2) is 63.7 Å². The van der Waals surface area contributed by atoms with E-state index in [4.69, 9.17) is 10.7 Å². The topological polar surface area (TPSA) is 108 Å². The lowest BCUT2D eigenvalue weighted by Gasteiger charge is -2.34. The molecular weight excluding hydrogens is 502 g/mol. The lowest BCUT2D eigenvalue weighted by Crippen LogP contribution is -2.49. The number of nitrogens with two attached hydrogens (primary N) is 1. The Labute approximate surface area is 232 Å². The lowest BCUT2D eigenvalue weighted by atomic mass is 9.83. The van der Waals surface area contributed by atoms with Crippen LogP contribution in [0.15, 0.2) is 108 Å². The Hall–Kier alpha value is -5.05. The first-order valence-electron chi connectivity index (χ1n) is 13.2. The van der Waals surface area contributed by atoms with Crippen molar-refractivity contribution in [2.75, 3.05) is 31.1 Å². The molecule has 0 unspecified atom stereocenters. The molecule has 0 radical (unpaired) electrons. The highest BCUT2D eigenvalue weighted by Gasteiger charge is 2.50. The van der Waals surface area contributed by atoms with Crippen LogP contribution >= 0.6 is 0 Å². The zero-order chi connectivity index (χ0) is 27.5. The molecule has 40 heavy (non-hydrogen) atoms. The van der Waals surface area contributed by atoms with Crippen molar-refractivity contribution in [3.8, 4) is 0 Å². The minimum atomic E-state index is -1.26. The van der Waals surface area contributed by atoms with Gasteiger partial charge in [-0.05, 0) is 34.9 Å². The van der Waals surface area contributed by atoms with Gasteiger partial charge in [-0.3, -0.25) is 14.5 Å². The maximum absolute atomic E-state index is 14.1. The highest BCUT2D eigenvalue weighted by Crippen LogP contribution is 2.40. The van der Waals surface area contributed by atoms with Crippen LogP contribution in [0.25, 0.3) is 0 Å². The van der Waals surface area contributed by atoms with Crippen LogP contribution in [0.4, 0.5) is 5.95 Å². The van der Waals surface area contributed by atoms with Crippen molar-refractivity contribution < 1.29 is 9.59 Å². The minimum absolute atomic E-state index is 0.0483. The third-order valence-electron chi connectivity index (χ3n) is 7.41. The van der Waals surface area contributed by atoms with Crippen molar-refractivity contribution in [3.63, 3.8) is 0 Å². The first kappa shape index (κ1) is 25.2. The maximum atomic E-state index is 14.1. The third-order valence-corrected chi connectivity index (χ3v) is 7.41. The summed E-state index contributed by atoms with van der Waals surface area (Å²) >= 11 is 0. The number of carbonyl (C=O) groups is 2. The Kier molecular flexibility index (Phi) is 6.69. The predicted octanol–water partition coefficient (Wildman–Crippen LogP) is 3.04. The number of carbonyl (C=O) groups excluding carboxylic acids is 2. The Balaban J connectivity index is 1.20. The molecule has 3 heterocycles. The van der Waals surface area contributed by atoms with Gasteiger partial charge in [-0.15, -0.1) is 0 Å². The van der Waals surface area contributed by atoms with E-state index in [2.05, 4.69) is 14.9 Å². The molecule has 0 bridgehead atoms. The number of piperazine rings is 1. The Morgan fingerprint density at radius 1 is 0.800 bits per heavy atom. The molecule has 200 valence electrons. The number of nitrogens with zero attached hydrogens (tertiary/aromatic N) is 6. The van der Waals surface area contributed by atoms with Gasteiger partial charge in [-0.25, -0.2) is 15.0 Å². The summed E-state index contributed by atoms with van der Waals surface area (Å²) in [6.45, 7) is 2.66. The van der Waals surface area contributed by atoms with Crippen molar-refractivity contribution in [3.05, 3.63) is 126 Å². The Morgan fingerprint density at radius 3 is 2.05 bits per heavy atom. The molecule has 4 aromatic rings. The number of rotatable bonds is 6. The van der Waals surface area contributed by atoms with E-state index in [0.717, 1.165) is 16.7 Å². The summed E-state index contributed by atoms with van der Waals surface area (Å²) in [6, 6.07) is 28.1. The van der Waals surface area contributed by atoms with Gasteiger partial charge in [0.2, 0.25) is 5.95 Å². The van der Waals surface area contributed by atoms with Gasteiger partial charge in [0.15, 0.2) is 11.5 Å². The summed E-state index contributed by atoms with van der Waals surface area (Å²) < 4.78 is 0. The van der Waals surface area contributed by atoms with Crippen molar-refractivity contribution in [1.82, 2.24) is 19.8 Å². The molecule has 6 rings (SSSR count). The molecule has 2 N–H and O–H groups in total.